The zero-order valence-corrected chi connectivity index (χ0v) is 15.7. The SMILES string of the molecule is Clc1snnc1CN1CCCC(c2[nH]ncc2CN2CCOCC2)C1. The van der Waals surface area contributed by atoms with Gasteiger partial charge in [0.2, 0.25) is 0 Å². The van der Waals surface area contributed by atoms with E-state index in [1.165, 1.54) is 35.6 Å². The molecular formula is C16H23ClN6OS. The zero-order chi connectivity index (χ0) is 17.1. The largest absolute Gasteiger partial charge is 0.379 e. The highest BCUT2D eigenvalue weighted by Crippen LogP contribution is 2.30. The molecule has 2 fully saturated rings. The van der Waals surface area contributed by atoms with E-state index >= 15 is 0 Å². The molecule has 4 heterocycles. The van der Waals surface area contributed by atoms with E-state index in [4.69, 9.17) is 16.3 Å². The molecule has 136 valence electrons. The average molecular weight is 383 g/mol. The first-order valence-corrected chi connectivity index (χ1v) is 9.96. The third kappa shape index (κ3) is 4.20. The van der Waals surface area contributed by atoms with Crippen LogP contribution >= 0.6 is 23.1 Å². The van der Waals surface area contributed by atoms with Crippen LogP contribution in [0, 0.1) is 0 Å². The Balaban J connectivity index is 1.41. The van der Waals surface area contributed by atoms with Gasteiger partial charge in [0, 0.05) is 61.4 Å². The van der Waals surface area contributed by atoms with Crippen molar-refractivity contribution in [1.82, 2.24) is 29.6 Å². The number of rotatable bonds is 5. The molecule has 0 spiro atoms. The minimum atomic E-state index is 0.484. The van der Waals surface area contributed by atoms with Crippen molar-refractivity contribution in [1.29, 1.82) is 0 Å². The number of nitrogens with one attached hydrogen (secondary N) is 1. The van der Waals surface area contributed by atoms with Crippen LogP contribution in [-0.2, 0) is 17.8 Å². The molecule has 1 unspecified atom stereocenters. The van der Waals surface area contributed by atoms with Crippen molar-refractivity contribution in [3.8, 4) is 0 Å². The van der Waals surface area contributed by atoms with Crippen LogP contribution in [0.25, 0.3) is 0 Å². The van der Waals surface area contributed by atoms with Gasteiger partial charge < -0.3 is 4.74 Å². The minimum Gasteiger partial charge on any atom is -0.379 e. The van der Waals surface area contributed by atoms with Gasteiger partial charge >= 0.3 is 0 Å². The molecular weight excluding hydrogens is 360 g/mol. The molecule has 1 atom stereocenters. The van der Waals surface area contributed by atoms with E-state index in [1.54, 1.807) is 0 Å². The summed E-state index contributed by atoms with van der Waals surface area (Å²) < 4.78 is 10.1. The van der Waals surface area contributed by atoms with Crippen molar-refractivity contribution in [3.05, 3.63) is 27.5 Å². The number of hydrogen-bond donors (Lipinski definition) is 1. The van der Waals surface area contributed by atoms with Crippen molar-refractivity contribution >= 4 is 23.1 Å². The summed E-state index contributed by atoms with van der Waals surface area (Å²) in [6.07, 6.45) is 4.36. The third-order valence-corrected chi connectivity index (χ3v) is 6.03. The first-order chi connectivity index (χ1) is 12.3. The molecule has 2 aliphatic rings. The zero-order valence-electron chi connectivity index (χ0n) is 14.2. The van der Waals surface area contributed by atoms with Gasteiger partial charge in [0.05, 0.1) is 19.4 Å². The molecule has 0 saturated carbocycles. The highest BCUT2D eigenvalue weighted by Gasteiger charge is 2.26. The number of likely N-dealkylation sites (tertiary alicyclic amines) is 1. The van der Waals surface area contributed by atoms with Crippen LogP contribution in [0.15, 0.2) is 6.20 Å². The van der Waals surface area contributed by atoms with Gasteiger partial charge in [0.25, 0.3) is 0 Å². The highest BCUT2D eigenvalue weighted by atomic mass is 35.5. The Kier molecular flexibility index (Phi) is 5.62. The molecule has 2 aromatic heterocycles. The fourth-order valence-electron chi connectivity index (χ4n) is 3.74. The molecule has 2 saturated heterocycles. The molecule has 9 heteroatoms. The summed E-state index contributed by atoms with van der Waals surface area (Å²) in [7, 11) is 0. The molecule has 1 N–H and O–H groups in total. The fourth-order valence-corrected chi connectivity index (χ4v) is 4.35. The van der Waals surface area contributed by atoms with Crippen molar-refractivity contribution in [2.45, 2.75) is 31.8 Å². The summed E-state index contributed by atoms with van der Waals surface area (Å²) in [5.74, 6) is 0.484. The van der Waals surface area contributed by atoms with Gasteiger partial charge in [0.1, 0.15) is 10.0 Å². The number of morpholine rings is 1. The average Bonchev–Trinajstić information content (AvgIpc) is 3.26. The molecule has 4 rings (SSSR count). The molecule has 0 bridgehead atoms. The van der Waals surface area contributed by atoms with Crippen LogP contribution < -0.4 is 0 Å². The second kappa shape index (κ2) is 8.09. The summed E-state index contributed by atoms with van der Waals surface area (Å²) in [4.78, 5) is 4.87. The van der Waals surface area contributed by atoms with E-state index in [0.29, 0.717) is 10.3 Å². The standard InChI is InChI=1S/C16H23ClN6OS/c17-16-14(19-21-25-16)11-23-3-1-2-12(9-23)15-13(8-18-20-15)10-22-4-6-24-7-5-22/h8,12H,1-7,9-11H2,(H,18,20). The van der Waals surface area contributed by atoms with E-state index in [1.807, 2.05) is 6.20 Å². The second-order valence-corrected chi connectivity index (χ2v) is 8.12. The Labute approximate surface area is 156 Å². The molecule has 0 amide bonds. The summed E-state index contributed by atoms with van der Waals surface area (Å²) in [5, 5.41) is 11.8. The van der Waals surface area contributed by atoms with Gasteiger partial charge in [0.15, 0.2) is 0 Å². The van der Waals surface area contributed by atoms with Crippen molar-refractivity contribution < 1.29 is 4.74 Å². The lowest BCUT2D eigenvalue weighted by Crippen LogP contribution is -2.37. The van der Waals surface area contributed by atoms with Gasteiger partial charge in [-0.05, 0) is 19.4 Å². The van der Waals surface area contributed by atoms with Crippen LogP contribution in [-0.4, -0.2) is 69.0 Å². The number of aromatic amines is 1. The third-order valence-electron chi connectivity index (χ3n) is 5.05. The summed E-state index contributed by atoms with van der Waals surface area (Å²) in [5.41, 5.74) is 3.51. The van der Waals surface area contributed by atoms with E-state index < -0.39 is 0 Å². The smallest absolute Gasteiger partial charge is 0.138 e. The summed E-state index contributed by atoms with van der Waals surface area (Å²) in [6, 6.07) is 0. The number of aromatic nitrogens is 4. The Morgan fingerprint density at radius 2 is 2.12 bits per heavy atom. The number of H-pyrrole nitrogens is 1. The van der Waals surface area contributed by atoms with Gasteiger partial charge in [-0.25, -0.2) is 0 Å². The molecule has 2 aromatic rings. The second-order valence-electron chi connectivity index (χ2n) is 6.77. The number of hydrogen-bond acceptors (Lipinski definition) is 7. The van der Waals surface area contributed by atoms with Gasteiger partial charge in [-0.3, -0.25) is 14.9 Å². The molecule has 0 radical (unpaired) electrons. The predicted octanol–water partition coefficient (Wildman–Crippen LogP) is 2.13. The molecule has 0 aromatic carbocycles. The Bertz CT molecular complexity index is 686. The van der Waals surface area contributed by atoms with Crippen LogP contribution in [0.4, 0.5) is 0 Å². The molecule has 2 aliphatic heterocycles. The number of halogens is 1. The number of nitrogens with zero attached hydrogens (tertiary/aromatic N) is 5. The van der Waals surface area contributed by atoms with Gasteiger partial charge in [-0.2, -0.15) is 5.10 Å². The maximum absolute atomic E-state index is 6.16. The quantitative estimate of drug-likeness (QED) is 0.854. The van der Waals surface area contributed by atoms with Crippen molar-refractivity contribution in [3.63, 3.8) is 0 Å². The van der Waals surface area contributed by atoms with Crippen molar-refractivity contribution in [2.24, 2.45) is 0 Å². The Morgan fingerprint density at radius 3 is 2.92 bits per heavy atom. The number of piperidine rings is 1. The van der Waals surface area contributed by atoms with E-state index in [9.17, 15) is 0 Å². The van der Waals surface area contributed by atoms with Crippen LogP contribution in [0.3, 0.4) is 0 Å². The predicted molar refractivity (Wildman–Crippen MR) is 96.9 cm³/mol. The van der Waals surface area contributed by atoms with Crippen molar-refractivity contribution in [2.75, 3.05) is 39.4 Å². The van der Waals surface area contributed by atoms with Crippen LogP contribution in [0.2, 0.25) is 4.34 Å². The minimum absolute atomic E-state index is 0.484. The number of ether oxygens (including phenoxy) is 1. The molecule has 7 nitrogen and oxygen atoms in total. The first kappa shape index (κ1) is 17.4. The lowest BCUT2D eigenvalue weighted by Gasteiger charge is -2.33. The maximum Gasteiger partial charge on any atom is 0.138 e. The molecule has 0 aliphatic carbocycles. The Hall–Kier alpha value is -1.06. The highest BCUT2D eigenvalue weighted by molar-refractivity contribution is 7.10. The normalized spacial score (nSPS) is 23.2. The fraction of sp³-hybridized carbons (Fsp3) is 0.688. The monoisotopic (exact) mass is 382 g/mol. The summed E-state index contributed by atoms with van der Waals surface area (Å²) in [6.45, 7) is 7.46. The lowest BCUT2D eigenvalue weighted by atomic mass is 9.92. The van der Waals surface area contributed by atoms with Gasteiger partial charge in [-0.1, -0.05) is 16.1 Å². The van der Waals surface area contributed by atoms with Crippen LogP contribution in [0.1, 0.15) is 35.7 Å². The maximum atomic E-state index is 6.16. The van der Waals surface area contributed by atoms with Crippen LogP contribution in [0.5, 0.6) is 0 Å². The summed E-state index contributed by atoms with van der Waals surface area (Å²) >= 11 is 7.42. The topological polar surface area (TPSA) is 70.2 Å². The van der Waals surface area contributed by atoms with E-state index in [2.05, 4.69) is 29.6 Å². The van der Waals surface area contributed by atoms with E-state index in [0.717, 1.165) is 58.2 Å². The molecule has 25 heavy (non-hydrogen) atoms. The lowest BCUT2D eigenvalue weighted by molar-refractivity contribution is 0.0339. The first-order valence-electron chi connectivity index (χ1n) is 8.81. The van der Waals surface area contributed by atoms with Gasteiger partial charge in [-0.15, -0.1) is 5.10 Å². The Morgan fingerprint density at radius 1 is 1.24 bits per heavy atom. The van der Waals surface area contributed by atoms with E-state index in [-0.39, 0.29) is 0 Å².